The van der Waals surface area contributed by atoms with Crippen LogP contribution in [0.4, 0.5) is 22.0 Å². The molecule has 2 heterocycles. The van der Waals surface area contributed by atoms with Crippen molar-refractivity contribution < 1.29 is 14.7 Å². The lowest BCUT2D eigenvalue weighted by Gasteiger charge is -2.20. The molecule has 0 saturated heterocycles. The van der Waals surface area contributed by atoms with Gasteiger partial charge in [-0.05, 0) is 48.2 Å². The summed E-state index contributed by atoms with van der Waals surface area (Å²) in [7, 11) is 0. The molecule has 4 N–H and O–H groups in total. The van der Waals surface area contributed by atoms with Crippen LogP contribution in [0.25, 0.3) is 11.3 Å². The second-order valence-corrected chi connectivity index (χ2v) is 7.27. The van der Waals surface area contributed by atoms with Crippen molar-refractivity contribution in [3.05, 3.63) is 59.9 Å². The number of nitrogens with one attached hydrogen (secondary N) is 3. The van der Waals surface area contributed by atoms with Crippen molar-refractivity contribution in [2.24, 2.45) is 5.92 Å². The van der Waals surface area contributed by atoms with Crippen LogP contribution in [0.3, 0.4) is 0 Å². The summed E-state index contributed by atoms with van der Waals surface area (Å²) in [6.07, 6.45) is 2.44. The Hall–Kier alpha value is -3.16. The van der Waals surface area contributed by atoms with Crippen molar-refractivity contribution in [3.63, 3.8) is 0 Å². The average molecular weight is 411 g/mol. The Kier molecular flexibility index (Phi) is 5.33. The van der Waals surface area contributed by atoms with E-state index in [0.29, 0.717) is 35.6 Å². The lowest BCUT2D eigenvalue weighted by atomic mass is 9.86. The van der Waals surface area contributed by atoms with Crippen molar-refractivity contribution >= 4 is 39.9 Å². The van der Waals surface area contributed by atoms with Gasteiger partial charge in [-0.1, -0.05) is 18.2 Å². The van der Waals surface area contributed by atoms with Crippen LogP contribution in [0.15, 0.2) is 48.7 Å². The fourth-order valence-corrected chi connectivity index (χ4v) is 3.73. The Morgan fingerprint density at radius 2 is 2.03 bits per heavy atom. The fourth-order valence-electron chi connectivity index (χ4n) is 3.63. The highest BCUT2D eigenvalue weighted by atomic mass is 35.5. The molecule has 0 bridgehead atoms. The quantitative estimate of drug-likeness (QED) is 0.370. The molecule has 1 aliphatic carbocycles. The Morgan fingerprint density at radius 3 is 2.76 bits per heavy atom. The van der Waals surface area contributed by atoms with E-state index < -0.39 is 5.37 Å². The Bertz CT molecular complexity index is 1070. The van der Waals surface area contributed by atoms with Gasteiger partial charge < -0.3 is 15.4 Å². The molecule has 1 aromatic carbocycles. The minimum Gasteiger partial charge on any atom is -0.396 e. The third-order valence-corrected chi connectivity index (χ3v) is 4.99. The number of nitrogens with zero attached hydrogens (tertiary/aromatic N) is 1. The number of carbonyl (C=O) groups is 2. The number of carbonyl (C=O) groups excluding carboxylic acids is 2. The summed E-state index contributed by atoms with van der Waals surface area (Å²) < 4.78 is 0. The first-order valence-corrected chi connectivity index (χ1v) is 9.57. The van der Waals surface area contributed by atoms with Crippen LogP contribution >= 0.6 is 11.6 Å². The Labute approximate surface area is 172 Å². The maximum atomic E-state index is 12.9. The molecule has 8 heteroatoms. The van der Waals surface area contributed by atoms with Crippen LogP contribution < -0.4 is 10.6 Å². The molecule has 0 aliphatic heterocycles. The molecule has 4 rings (SSSR count). The first-order chi connectivity index (χ1) is 14.0. The van der Waals surface area contributed by atoms with E-state index in [4.69, 9.17) is 11.6 Å². The minimum absolute atomic E-state index is 0.0189. The molecule has 29 heavy (non-hydrogen) atoms. The number of fused-ring (bicyclic) bond motifs is 1. The number of hydrogen-bond acceptors (Lipinski definition) is 5. The summed E-state index contributed by atoms with van der Waals surface area (Å²) >= 11 is 5.40. The highest BCUT2D eigenvalue weighted by Crippen LogP contribution is 2.40. The highest BCUT2D eigenvalue weighted by Gasteiger charge is 2.31. The number of pyridine rings is 1. The molecule has 3 aromatic rings. The van der Waals surface area contributed by atoms with Crippen molar-refractivity contribution in [1.82, 2.24) is 9.97 Å². The molecule has 7 nitrogen and oxygen atoms in total. The summed E-state index contributed by atoms with van der Waals surface area (Å²) in [5.41, 5.74) is 4.35. The van der Waals surface area contributed by atoms with Crippen molar-refractivity contribution in [3.8, 4) is 11.3 Å². The van der Waals surface area contributed by atoms with E-state index in [9.17, 15) is 14.7 Å². The largest absolute Gasteiger partial charge is 0.396 e. The van der Waals surface area contributed by atoms with E-state index in [0.717, 1.165) is 16.9 Å². The zero-order chi connectivity index (χ0) is 20.4. The third-order valence-electron chi connectivity index (χ3n) is 4.90. The molecule has 0 fully saturated rings. The summed E-state index contributed by atoms with van der Waals surface area (Å²) in [4.78, 5) is 31.5. The summed E-state index contributed by atoms with van der Waals surface area (Å²) in [6.45, 7) is -0.0395. The van der Waals surface area contributed by atoms with Crippen LogP contribution in [0.1, 0.15) is 22.5 Å². The second-order valence-electron chi connectivity index (χ2n) is 6.93. The number of amides is 1. The predicted octanol–water partition coefficient (Wildman–Crippen LogP) is 4.33. The van der Waals surface area contributed by atoms with Crippen molar-refractivity contribution in [1.29, 1.82) is 0 Å². The van der Waals surface area contributed by atoms with E-state index in [1.807, 2.05) is 30.3 Å². The molecule has 1 aliphatic rings. The van der Waals surface area contributed by atoms with Gasteiger partial charge in [-0.15, -0.1) is 0 Å². The number of aliphatic hydroxyl groups is 1. The molecule has 0 radical (unpaired) electrons. The highest BCUT2D eigenvalue weighted by molar-refractivity contribution is 6.65. The monoisotopic (exact) mass is 410 g/mol. The number of ketones is 1. The summed E-state index contributed by atoms with van der Waals surface area (Å²) in [5.74, 6) is 0.185. The second kappa shape index (κ2) is 8.06. The number of aliphatic hydroxyl groups excluding tert-OH is 1. The molecule has 0 spiro atoms. The van der Waals surface area contributed by atoms with E-state index >= 15 is 0 Å². The number of aromatic amines is 1. The van der Waals surface area contributed by atoms with E-state index in [-0.39, 0.29) is 18.3 Å². The van der Waals surface area contributed by atoms with Crippen molar-refractivity contribution in [2.45, 2.75) is 12.8 Å². The van der Waals surface area contributed by atoms with E-state index in [2.05, 4.69) is 20.6 Å². The van der Waals surface area contributed by atoms with Gasteiger partial charge in [-0.25, -0.2) is 4.98 Å². The normalized spacial score (nSPS) is 15.7. The first-order valence-electron chi connectivity index (χ1n) is 9.19. The van der Waals surface area contributed by atoms with Gasteiger partial charge in [0.25, 0.3) is 0 Å². The van der Waals surface area contributed by atoms with Crippen molar-refractivity contribution in [2.75, 3.05) is 17.2 Å². The molecule has 1 amide bonds. The fraction of sp³-hybridized carbons (Fsp3) is 0.190. The number of rotatable bonds is 5. The van der Waals surface area contributed by atoms with Gasteiger partial charge in [0.2, 0.25) is 0 Å². The molecule has 1 unspecified atom stereocenters. The molecule has 2 aromatic heterocycles. The number of anilines is 3. The number of para-hydroxylation sites is 1. The zero-order valence-corrected chi connectivity index (χ0v) is 16.2. The smallest absolute Gasteiger partial charge is 0.319 e. The Balaban J connectivity index is 1.83. The average Bonchev–Trinajstić information content (AvgIpc) is 3.07. The number of H-pyrrole nitrogens is 1. The molecule has 0 saturated carbocycles. The van der Waals surface area contributed by atoms with E-state index in [1.54, 1.807) is 18.3 Å². The van der Waals surface area contributed by atoms with Crippen LogP contribution in [0.5, 0.6) is 0 Å². The predicted molar refractivity (Wildman–Crippen MR) is 112 cm³/mol. The number of aromatic nitrogens is 2. The number of Topliss-reactive ketones (excluding diaryl/α,β-unsaturated/α-hetero) is 1. The number of halogens is 1. The molecular formula is C21H19ClN4O3. The molecule has 1 atom stereocenters. The Morgan fingerprint density at radius 1 is 1.24 bits per heavy atom. The molecule has 148 valence electrons. The lowest BCUT2D eigenvalue weighted by Crippen LogP contribution is -2.22. The van der Waals surface area contributed by atoms with Gasteiger partial charge in [0.05, 0.1) is 16.9 Å². The van der Waals surface area contributed by atoms with Crippen LogP contribution in [0.2, 0.25) is 0 Å². The van der Waals surface area contributed by atoms with Gasteiger partial charge in [0, 0.05) is 36.2 Å². The maximum Gasteiger partial charge on any atom is 0.319 e. The summed E-state index contributed by atoms with van der Waals surface area (Å²) in [6, 6.07) is 13.0. The van der Waals surface area contributed by atoms with Crippen LogP contribution in [-0.4, -0.2) is 32.8 Å². The number of hydrogen-bond donors (Lipinski definition) is 4. The maximum absolute atomic E-state index is 12.9. The summed E-state index contributed by atoms with van der Waals surface area (Å²) in [5, 5.41) is 14.6. The van der Waals surface area contributed by atoms with Crippen LogP contribution in [-0.2, 0) is 6.42 Å². The van der Waals surface area contributed by atoms with Gasteiger partial charge in [0.1, 0.15) is 5.82 Å². The SMILES string of the molecule is O=C(Cl)Nc1cc(-c2[nH]c3c(c2Nc2ccccc2)C(=O)CC(CO)C3)ccn1. The standard InChI is InChI=1S/C21H19ClN4O3/c22-21(29)26-17-10-13(6-7-23-17)19-20(24-14-4-2-1-3-5-14)18-15(25-19)8-12(11-27)9-16(18)28/h1-7,10,12,24-25,27H,8-9,11H2,(H,23,26,29). The van der Waals surface area contributed by atoms with Gasteiger partial charge in [-0.3, -0.25) is 14.9 Å². The molecular weight excluding hydrogens is 392 g/mol. The topological polar surface area (TPSA) is 107 Å². The van der Waals surface area contributed by atoms with Gasteiger partial charge in [-0.2, -0.15) is 0 Å². The third kappa shape index (κ3) is 4.01. The first kappa shape index (κ1) is 19.2. The van der Waals surface area contributed by atoms with Crippen LogP contribution in [0, 0.1) is 5.92 Å². The van der Waals surface area contributed by atoms with E-state index in [1.165, 1.54) is 0 Å². The number of benzene rings is 1. The van der Waals surface area contributed by atoms with Gasteiger partial charge >= 0.3 is 5.37 Å². The van der Waals surface area contributed by atoms with Gasteiger partial charge in [0.15, 0.2) is 5.78 Å². The zero-order valence-electron chi connectivity index (χ0n) is 15.4. The lowest BCUT2D eigenvalue weighted by molar-refractivity contribution is 0.0919. The minimum atomic E-state index is -0.732.